The van der Waals surface area contributed by atoms with Crippen molar-refractivity contribution in [1.29, 1.82) is 0 Å². The van der Waals surface area contributed by atoms with Crippen LogP contribution in [-0.4, -0.2) is 15.0 Å². The van der Waals surface area contributed by atoms with Crippen molar-refractivity contribution in [2.75, 3.05) is 0 Å². The van der Waals surface area contributed by atoms with Crippen molar-refractivity contribution in [3.8, 4) is 67.5 Å². The highest BCUT2D eigenvalue weighted by atomic mass is 15.0. The normalized spacial score (nSPS) is 12.6. The molecular formula is C51H33N3. The van der Waals surface area contributed by atoms with Crippen molar-refractivity contribution >= 4 is 32.3 Å². The largest absolute Gasteiger partial charge is 0.208 e. The highest BCUT2D eigenvalue weighted by molar-refractivity contribution is 6.24. The summed E-state index contributed by atoms with van der Waals surface area (Å²) in [6, 6.07) is 56.0. The molecule has 54 heavy (non-hydrogen) atoms. The summed E-state index contributed by atoms with van der Waals surface area (Å²) >= 11 is 0. The summed E-state index contributed by atoms with van der Waals surface area (Å²) in [7, 11) is 0. The average molecular weight is 693 g/mol. The van der Waals surface area contributed by atoms with Crippen LogP contribution in [0.25, 0.3) is 99.9 Å². The van der Waals surface area contributed by atoms with Gasteiger partial charge in [-0.05, 0) is 71.8 Å². The molecule has 0 radical (unpaired) electrons. The number of fused-ring (bicyclic) bond motifs is 3. The van der Waals surface area contributed by atoms with Gasteiger partial charge in [0.2, 0.25) is 0 Å². The molecule has 252 valence electrons. The fourth-order valence-corrected chi connectivity index (χ4v) is 7.68. The zero-order valence-corrected chi connectivity index (χ0v) is 29.0. The molecule has 3 heteroatoms. The molecule has 1 aromatic heterocycles. The summed E-state index contributed by atoms with van der Waals surface area (Å²) in [5, 5.41) is 6.42. The molecule has 0 aliphatic heterocycles. The molecule has 0 fully saturated rings. The first kappa shape index (κ1) is 26.5. The molecule has 3 nitrogen and oxygen atoms in total. The molecule has 0 saturated carbocycles. The molecule has 0 bridgehead atoms. The number of benzene rings is 9. The van der Waals surface area contributed by atoms with E-state index >= 15 is 0 Å². The van der Waals surface area contributed by atoms with Crippen molar-refractivity contribution in [3.05, 3.63) is 200 Å². The predicted molar refractivity (Wildman–Crippen MR) is 225 cm³/mol. The number of aromatic nitrogens is 3. The Hall–Kier alpha value is -7.23. The highest BCUT2D eigenvalue weighted by Crippen LogP contribution is 2.48. The van der Waals surface area contributed by atoms with Crippen molar-refractivity contribution < 1.29 is 6.85 Å². The van der Waals surface area contributed by atoms with Crippen LogP contribution < -0.4 is 0 Å². The van der Waals surface area contributed by atoms with Crippen molar-refractivity contribution in [2.24, 2.45) is 0 Å². The first-order chi connectivity index (χ1) is 28.9. The summed E-state index contributed by atoms with van der Waals surface area (Å²) in [6.45, 7) is 0. The van der Waals surface area contributed by atoms with Gasteiger partial charge in [-0.25, -0.2) is 15.0 Å². The third-order valence-corrected chi connectivity index (χ3v) is 10.0. The van der Waals surface area contributed by atoms with E-state index in [4.69, 9.17) is 21.8 Å². The van der Waals surface area contributed by atoms with E-state index in [1.165, 1.54) is 11.1 Å². The second-order valence-corrected chi connectivity index (χ2v) is 13.1. The zero-order chi connectivity index (χ0) is 40.2. The van der Waals surface area contributed by atoms with E-state index < -0.39 is 18.1 Å². The number of hydrogen-bond donors (Lipinski definition) is 0. The number of hydrogen-bond acceptors (Lipinski definition) is 3. The van der Waals surface area contributed by atoms with Crippen LogP contribution in [-0.2, 0) is 0 Å². The van der Waals surface area contributed by atoms with Gasteiger partial charge in [0.05, 0.1) is 6.85 Å². The molecular weight excluding hydrogens is 655 g/mol. The first-order valence-corrected chi connectivity index (χ1v) is 17.9. The molecule has 10 rings (SSSR count). The first-order valence-electron chi connectivity index (χ1n) is 20.4. The lowest BCUT2D eigenvalue weighted by molar-refractivity contribution is 1.08. The molecule has 9 aromatic carbocycles. The smallest absolute Gasteiger partial charge is 0.164 e. The van der Waals surface area contributed by atoms with Crippen LogP contribution >= 0.6 is 0 Å². The molecule has 1 heterocycles. The Morgan fingerprint density at radius 3 is 1.28 bits per heavy atom. The van der Waals surface area contributed by atoms with Crippen LogP contribution in [0, 0.1) is 0 Å². The minimum absolute atomic E-state index is 0.00220. The number of rotatable bonds is 6. The molecule has 0 N–H and O–H groups in total. The van der Waals surface area contributed by atoms with E-state index in [1.54, 1.807) is 0 Å². The van der Waals surface area contributed by atoms with Crippen molar-refractivity contribution in [3.63, 3.8) is 0 Å². The van der Waals surface area contributed by atoms with Crippen molar-refractivity contribution in [1.82, 2.24) is 15.0 Å². The van der Waals surface area contributed by atoms with Gasteiger partial charge in [0, 0.05) is 16.7 Å². The Labute approximate surface area is 321 Å². The summed E-state index contributed by atoms with van der Waals surface area (Å²) in [5.74, 6) is 0.655. The summed E-state index contributed by atoms with van der Waals surface area (Å²) in [5.41, 5.74) is 8.17. The predicted octanol–water partition coefficient (Wildman–Crippen LogP) is 13.3. The van der Waals surface area contributed by atoms with E-state index in [1.807, 2.05) is 54.6 Å². The molecule has 10 aromatic rings. The number of nitrogens with zero attached hydrogens (tertiary/aromatic N) is 3. The van der Waals surface area contributed by atoms with Gasteiger partial charge >= 0.3 is 0 Å². The Bertz CT molecular complexity index is 3190. The van der Waals surface area contributed by atoms with Gasteiger partial charge < -0.3 is 0 Å². The van der Waals surface area contributed by atoms with E-state index in [9.17, 15) is 0 Å². The third kappa shape index (κ3) is 5.42. The van der Waals surface area contributed by atoms with Gasteiger partial charge in [-0.15, -0.1) is 0 Å². The molecule has 0 unspecified atom stereocenters. The highest BCUT2D eigenvalue weighted by Gasteiger charge is 2.21. The van der Waals surface area contributed by atoms with Crippen LogP contribution in [0.1, 0.15) is 6.85 Å². The lowest BCUT2D eigenvalue weighted by Gasteiger charge is -2.21. The van der Waals surface area contributed by atoms with E-state index in [0.29, 0.717) is 17.2 Å². The topological polar surface area (TPSA) is 38.7 Å². The second-order valence-electron chi connectivity index (χ2n) is 13.1. The molecule has 0 amide bonds. The Kier molecular flexibility index (Phi) is 6.58. The Morgan fingerprint density at radius 2 is 0.685 bits per heavy atom. The average Bonchev–Trinajstić information content (AvgIpc) is 3.29. The maximum atomic E-state index is 8.76. The monoisotopic (exact) mass is 692 g/mol. The standard InChI is InChI=1S/C51H33N3/c1-4-18-34(19-5-1)37-24-10-13-27-40(37)47-41-28-14-16-30-43(41)48(44-31-17-15-29-42(44)47)45-32-33-46(39-26-12-11-25-38(39)45)51-53-49(35-20-6-2-7-21-35)52-50(54-51)36-22-8-3-9-23-36/h1-33H/i2D,6D,7D,20D,21D. The van der Waals surface area contributed by atoms with Gasteiger partial charge in [-0.2, -0.15) is 0 Å². The quantitative estimate of drug-likeness (QED) is 0.163. The molecule has 0 spiro atoms. The van der Waals surface area contributed by atoms with Gasteiger partial charge in [-0.1, -0.05) is 194 Å². The Balaban J connectivity index is 1.24. The van der Waals surface area contributed by atoms with E-state index in [-0.39, 0.29) is 23.5 Å². The second kappa shape index (κ2) is 13.4. The zero-order valence-electron chi connectivity index (χ0n) is 34.0. The van der Waals surface area contributed by atoms with Crippen molar-refractivity contribution in [2.45, 2.75) is 0 Å². The summed E-state index contributed by atoms with van der Waals surface area (Å²) in [4.78, 5) is 14.6. The van der Waals surface area contributed by atoms with Crippen LogP contribution in [0.4, 0.5) is 0 Å². The molecule has 0 aliphatic carbocycles. The lowest BCUT2D eigenvalue weighted by atomic mass is 9.82. The summed E-state index contributed by atoms with van der Waals surface area (Å²) in [6.07, 6.45) is 0. The fourth-order valence-electron chi connectivity index (χ4n) is 7.68. The summed E-state index contributed by atoms with van der Waals surface area (Å²) < 4.78 is 42.5. The molecule has 0 saturated heterocycles. The van der Waals surface area contributed by atoms with E-state index in [2.05, 4.69) is 115 Å². The van der Waals surface area contributed by atoms with Crippen LogP contribution in [0.3, 0.4) is 0 Å². The van der Waals surface area contributed by atoms with Gasteiger partial charge in [0.15, 0.2) is 17.5 Å². The Morgan fingerprint density at radius 1 is 0.278 bits per heavy atom. The molecule has 0 aliphatic rings. The SMILES string of the molecule is [2H]c1c([2H])c([2H])c(-c2nc(-c3ccccc3)nc(-c3ccc(-c4c5ccccc5c(-c5ccccc5-c5ccccc5)c5ccccc45)c4ccccc34)n2)c([2H])c1[2H]. The minimum atomic E-state index is -0.476. The van der Waals surface area contributed by atoms with Gasteiger partial charge in [0.25, 0.3) is 0 Å². The van der Waals surface area contributed by atoms with Gasteiger partial charge in [-0.3, -0.25) is 0 Å². The van der Waals surface area contributed by atoms with Crippen LogP contribution in [0.2, 0.25) is 0 Å². The minimum Gasteiger partial charge on any atom is -0.208 e. The van der Waals surface area contributed by atoms with Crippen LogP contribution in [0.5, 0.6) is 0 Å². The fraction of sp³-hybridized carbons (Fsp3) is 0. The molecule has 0 atom stereocenters. The van der Waals surface area contributed by atoms with E-state index in [0.717, 1.165) is 60.1 Å². The van der Waals surface area contributed by atoms with Crippen LogP contribution in [0.15, 0.2) is 200 Å². The van der Waals surface area contributed by atoms with Gasteiger partial charge in [0.1, 0.15) is 0 Å². The third-order valence-electron chi connectivity index (χ3n) is 10.0. The maximum Gasteiger partial charge on any atom is 0.164 e. The maximum absolute atomic E-state index is 8.76. The lowest BCUT2D eigenvalue weighted by Crippen LogP contribution is -2.00.